The number of nitrogens with zero attached hydrogens (tertiary/aromatic N) is 3. The Bertz CT molecular complexity index is 435. The van der Waals surface area contributed by atoms with E-state index in [4.69, 9.17) is 0 Å². The number of anilines is 2. The molecule has 1 N–H and O–H groups in total. The average molecular weight is 260 g/mol. The van der Waals surface area contributed by atoms with E-state index in [1.807, 2.05) is 12.1 Å². The summed E-state index contributed by atoms with van der Waals surface area (Å²) >= 11 is 0. The molecule has 3 rings (SSSR count). The van der Waals surface area contributed by atoms with Crippen LogP contribution in [0.1, 0.15) is 38.5 Å². The molecule has 0 atom stereocenters. The van der Waals surface area contributed by atoms with Gasteiger partial charge in [0.25, 0.3) is 0 Å². The molecule has 0 radical (unpaired) electrons. The van der Waals surface area contributed by atoms with Crippen LogP contribution >= 0.6 is 0 Å². The summed E-state index contributed by atoms with van der Waals surface area (Å²) in [6.45, 7) is 2.12. The summed E-state index contributed by atoms with van der Waals surface area (Å²) in [6.07, 6.45) is 6.93. The fourth-order valence-electron chi connectivity index (χ4n) is 2.58. The second-order valence-electron chi connectivity index (χ2n) is 5.44. The molecule has 102 valence electrons. The Morgan fingerprint density at radius 3 is 2.47 bits per heavy atom. The van der Waals surface area contributed by atoms with Crippen molar-refractivity contribution in [3.63, 3.8) is 0 Å². The highest BCUT2D eigenvalue weighted by molar-refractivity contribution is 5.92. The largest absolute Gasteiger partial charge is 0.355 e. The van der Waals surface area contributed by atoms with Gasteiger partial charge in [0.2, 0.25) is 5.91 Å². The van der Waals surface area contributed by atoms with E-state index in [2.05, 4.69) is 20.4 Å². The van der Waals surface area contributed by atoms with Crippen molar-refractivity contribution in [3.05, 3.63) is 12.1 Å². The van der Waals surface area contributed by atoms with Crippen molar-refractivity contribution in [2.75, 3.05) is 23.3 Å². The summed E-state index contributed by atoms with van der Waals surface area (Å²) in [5, 5.41) is 11.2. The van der Waals surface area contributed by atoms with Crippen molar-refractivity contribution in [1.82, 2.24) is 10.2 Å². The predicted molar refractivity (Wildman–Crippen MR) is 74.1 cm³/mol. The molecule has 2 fully saturated rings. The maximum Gasteiger partial charge on any atom is 0.228 e. The zero-order valence-electron chi connectivity index (χ0n) is 11.1. The Morgan fingerprint density at radius 1 is 1.11 bits per heavy atom. The van der Waals surface area contributed by atoms with Crippen LogP contribution in [-0.4, -0.2) is 29.2 Å². The molecular formula is C14H20N4O. The third-order valence-corrected chi connectivity index (χ3v) is 4.06. The van der Waals surface area contributed by atoms with Gasteiger partial charge in [0.1, 0.15) is 0 Å². The minimum absolute atomic E-state index is 0.0891. The van der Waals surface area contributed by atoms with E-state index < -0.39 is 0 Å². The van der Waals surface area contributed by atoms with Crippen molar-refractivity contribution in [3.8, 4) is 0 Å². The molecule has 1 aliphatic carbocycles. The van der Waals surface area contributed by atoms with E-state index in [0.717, 1.165) is 38.2 Å². The Morgan fingerprint density at radius 2 is 1.89 bits per heavy atom. The first kappa shape index (κ1) is 12.4. The number of aromatic nitrogens is 2. The molecule has 1 aromatic heterocycles. The lowest BCUT2D eigenvalue weighted by Crippen LogP contribution is -2.31. The highest BCUT2D eigenvalue weighted by atomic mass is 16.2. The topological polar surface area (TPSA) is 58.1 Å². The first-order valence-electron chi connectivity index (χ1n) is 7.22. The minimum atomic E-state index is 0.0891. The lowest BCUT2D eigenvalue weighted by atomic mass is 9.85. The highest BCUT2D eigenvalue weighted by Crippen LogP contribution is 2.27. The van der Waals surface area contributed by atoms with Gasteiger partial charge in [-0.05, 0) is 44.2 Å². The molecule has 2 aliphatic rings. The summed E-state index contributed by atoms with van der Waals surface area (Å²) < 4.78 is 0. The van der Waals surface area contributed by atoms with Gasteiger partial charge in [0, 0.05) is 19.0 Å². The van der Waals surface area contributed by atoms with E-state index in [-0.39, 0.29) is 11.8 Å². The normalized spacial score (nSPS) is 19.9. The number of carbonyl (C=O) groups is 1. The maximum atomic E-state index is 11.8. The van der Waals surface area contributed by atoms with Gasteiger partial charge in [-0.2, -0.15) is 0 Å². The van der Waals surface area contributed by atoms with E-state index in [1.165, 1.54) is 19.3 Å². The van der Waals surface area contributed by atoms with Crippen LogP contribution < -0.4 is 10.2 Å². The molecular weight excluding hydrogens is 240 g/mol. The van der Waals surface area contributed by atoms with Crippen LogP contribution in [0.3, 0.4) is 0 Å². The molecule has 0 bridgehead atoms. The van der Waals surface area contributed by atoms with E-state index in [1.54, 1.807) is 0 Å². The number of amides is 1. The monoisotopic (exact) mass is 260 g/mol. The lowest BCUT2D eigenvalue weighted by molar-refractivity contribution is -0.122. The molecule has 0 aromatic carbocycles. The van der Waals surface area contributed by atoms with Gasteiger partial charge in [0.05, 0.1) is 0 Å². The smallest absolute Gasteiger partial charge is 0.228 e. The first-order chi connectivity index (χ1) is 9.33. The molecule has 1 aromatic rings. The lowest BCUT2D eigenvalue weighted by Gasteiger charge is -2.27. The fraction of sp³-hybridized carbons (Fsp3) is 0.643. The van der Waals surface area contributed by atoms with Gasteiger partial charge >= 0.3 is 0 Å². The molecule has 19 heavy (non-hydrogen) atoms. The Hall–Kier alpha value is -1.65. The van der Waals surface area contributed by atoms with Gasteiger partial charge in [-0.25, -0.2) is 0 Å². The number of carbonyl (C=O) groups excluding carboxylic acids is 1. The second-order valence-corrected chi connectivity index (χ2v) is 5.44. The molecule has 2 heterocycles. The predicted octanol–water partition coefficient (Wildman–Crippen LogP) is 2.21. The Kier molecular flexibility index (Phi) is 3.62. The van der Waals surface area contributed by atoms with Crippen molar-refractivity contribution in [2.45, 2.75) is 38.5 Å². The summed E-state index contributed by atoms with van der Waals surface area (Å²) in [5.41, 5.74) is 0. The summed E-state index contributed by atoms with van der Waals surface area (Å²) in [6, 6.07) is 3.81. The molecule has 1 amide bonds. The van der Waals surface area contributed by atoms with Gasteiger partial charge in [0.15, 0.2) is 11.6 Å². The van der Waals surface area contributed by atoms with Crippen molar-refractivity contribution in [2.24, 2.45) is 5.92 Å². The van der Waals surface area contributed by atoms with Gasteiger partial charge in [-0.1, -0.05) is 6.42 Å². The number of rotatable bonds is 3. The number of hydrogen-bond acceptors (Lipinski definition) is 4. The van der Waals surface area contributed by atoms with Crippen LogP contribution in [0.2, 0.25) is 0 Å². The van der Waals surface area contributed by atoms with Crippen molar-refractivity contribution < 1.29 is 4.79 Å². The SMILES string of the molecule is O=C(Nc1ccc(N2CCCCC2)nn1)C1CCC1. The van der Waals surface area contributed by atoms with Gasteiger partial charge in [-0.15, -0.1) is 10.2 Å². The number of hydrogen-bond donors (Lipinski definition) is 1. The van der Waals surface area contributed by atoms with Crippen LogP contribution in [0.5, 0.6) is 0 Å². The molecule has 1 aliphatic heterocycles. The fourth-order valence-corrected chi connectivity index (χ4v) is 2.58. The van der Waals surface area contributed by atoms with E-state index in [9.17, 15) is 4.79 Å². The Labute approximate surface area is 113 Å². The van der Waals surface area contributed by atoms with Crippen LogP contribution in [0.15, 0.2) is 12.1 Å². The summed E-state index contributed by atoms with van der Waals surface area (Å²) in [7, 11) is 0. The molecule has 1 saturated carbocycles. The van der Waals surface area contributed by atoms with E-state index in [0.29, 0.717) is 5.82 Å². The second kappa shape index (κ2) is 5.55. The van der Waals surface area contributed by atoms with Gasteiger partial charge in [-0.3, -0.25) is 4.79 Å². The first-order valence-corrected chi connectivity index (χ1v) is 7.22. The molecule has 0 unspecified atom stereocenters. The zero-order valence-corrected chi connectivity index (χ0v) is 11.1. The Balaban J connectivity index is 1.59. The van der Waals surface area contributed by atoms with Crippen LogP contribution in [0, 0.1) is 5.92 Å². The highest BCUT2D eigenvalue weighted by Gasteiger charge is 2.25. The minimum Gasteiger partial charge on any atom is -0.355 e. The zero-order chi connectivity index (χ0) is 13.1. The summed E-state index contributed by atoms with van der Waals surface area (Å²) in [4.78, 5) is 14.0. The van der Waals surface area contributed by atoms with E-state index >= 15 is 0 Å². The van der Waals surface area contributed by atoms with Crippen LogP contribution in [0.25, 0.3) is 0 Å². The molecule has 0 spiro atoms. The van der Waals surface area contributed by atoms with Crippen molar-refractivity contribution >= 4 is 17.5 Å². The molecule has 5 nitrogen and oxygen atoms in total. The third kappa shape index (κ3) is 2.85. The third-order valence-electron chi connectivity index (χ3n) is 4.06. The maximum absolute atomic E-state index is 11.8. The molecule has 1 saturated heterocycles. The quantitative estimate of drug-likeness (QED) is 0.905. The average Bonchev–Trinajstić information content (AvgIpc) is 2.38. The number of nitrogens with one attached hydrogen (secondary N) is 1. The van der Waals surface area contributed by atoms with Gasteiger partial charge < -0.3 is 10.2 Å². The molecule has 5 heteroatoms. The standard InChI is InChI=1S/C14H20N4O/c19-14(11-5-4-6-11)15-12-7-8-13(17-16-12)18-9-2-1-3-10-18/h7-8,11H,1-6,9-10H2,(H,15,16,19). The van der Waals surface area contributed by atoms with Crippen LogP contribution in [0.4, 0.5) is 11.6 Å². The van der Waals surface area contributed by atoms with Crippen LogP contribution in [-0.2, 0) is 4.79 Å². The van der Waals surface area contributed by atoms with Crippen molar-refractivity contribution in [1.29, 1.82) is 0 Å². The summed E-state index contributed by atoms with van der Waals surface area (Å²) in [5.74, 6) is 1.76. The number of piperidine rings is 1.